The van der Waals surface area contributed by atoms with E-state index < -0.39 is 10.0 Å². The molecule has 9 heteroatoms. The molecule has 0 N–H and O–H groups in total. The molecule has 2 aliphatic rings. The van der Waals surface area contributed by atoms with Crippen LogP contribution in [0.3, 0.4) is 0 Å². The SMILES string of the molecule is CCn1c(CCC(=O)OCC2CC=CCC2)nc2cc(S(=O)(=O)N3CCOCC3)ccc21. The van der Waals surface area contributed by atoms with Gasteiger partial charge in [0.2, 0.25) is 10.0 Å². The highest BCUT2D eigenvalue weighted by Crippen LogP contribution is 2.24. The molecule has 2 heterocycles. The Bertz CT molecular complexity index is 1090. The standard InChI is InChI=1S/C23H31N3O5S/c1-2-26-21-9-8-19(32(28,29)25-12-14-30-15-13-25)16-20(21)24-22(26)10-11-23(27)31-17-18-6-4-3-5-7-18/h3-4,8-9,16,18H,2,5-7,10-15,17H2,1H3. The van der Waals surface area contributed by atoms with E-state index in [2.05, 4.69) is 17.1 Å². The van der Waals surface area contributed by atoms with Gasteiger partial charge in [-0.05, 0) is 50.3 Å². The van der Waals surface area contributed by atoms with Crippen LogP contribution < -0.4 is 0 Å². The van der Waals surface area contributed by atoms with E-state index in [1.54, 1.807) is 18.2 Å². The van der Waals surface area contributed by atoms with Gasteiger partial charge in [-0.2, -0.15) is 4.31 Å². The first-order valence-electron chi connectivity index (χ1n) is 11.4. The molecule has 1 saturated heterocycles. The molecule has 1 fully saturated rings. The first kappa shape index (κ1) is 22.9. The summed E-state index contributed by atoms with van der Waals surface area (Å²) in [4.78, 5) is 17.2. The third-order valence-electron chi connectivity index (χ3n) is 6.13. The van der Waals surface area contributed by atoms with Crippen molar-refractivity contribution in [3.05, 3.63) is 36.2 Å². The zero-order valence-corrected chi connectivity index (χ0v) is 19.3. The minimum Gasteiger partial charge on any atom is -0.465 e. The number of hydrogen-bond acceptors (Lipinski definition) is 6. The van der Waals surface area contributed by atoms with Crippen LogP contribution in [0.2, 0.25) is 0 Å². The van der Waals surface area contributed by atoms with Gasteiger partial charge >= 0.3 is 5.97 Å². The number of aryl methyl sites for hydroxylation is 2. The topological polar surface area (TPSA) is 90.7 Å². The molecule has 4 rings (SSSR count). The lowest BCUT2D eigenvalue weighted by molar-refractivity contribution is -0.145. The third kappa shape index (κ3) is 5.05. The number of morpholine rings is 1. The molecule has 1 unspecified atom stereocenters. The molecule has 1 atom stereocenters. The Kier molecular flexibility index (Phi) is 7.27. The molecule has 0 radical (unpaired) electrons. The number of benzene rings is 1. The van der Waals surface area contributed by atoms with E-state index in [1.807, 2.05) is 11.5 Å². The van der Waals surface area contributed by atoms with Gasteiger partial charge in [-0.1, -0.05) is 12.2 Å². The summed E-state index contributed by atoms with van der Waals surface area (Å²) in [6.07, 6.45) is 8.11. The lowest BCUT2D eigenvalue weighted by Crippen LogP contribution is -2.40. The summed E-state index contributed by atoms with van der Waals surface area (Å²) in [6, 6.07) is 5.07. The molecule has 32 heavy (non-hydrogen) atoms. The van der Waals surface area contributed by atoms with Crippen molar-refractivity contribution in [2.24, 2.45) is 5.92 Å². The Balaban J connectivity index is 1.45. The average molecular weight is 462 g/mol. The number of nitrogens with zero attached hydrogens (tertiary/aromatic N) is 3. The first-order valence-corrected chi connectivity index (χ1v) is 12.8. The summed E-state index contributed by atoms with van der Waals surface area (Å²) in [6.45, 7) is 4.69. The van der Waals surface area contributed by atoms with E-state index in [-0.39, 0.29) is 17.3 Å². The molecule has 1 aromatic heterocycles. The van der Waals surface area contributed by atoms with Crippen LogP contribution in [0, 0.1) is 5.92 Å². The van der Waals surface area contributed by atoms with E-state index in [1.165, 1.54) is 4.31 Å². The maximum Gasteiger partial charge on any atom is 0.306 e. The number of esters is 1. The summed E-state index contributed by atoms with van der Waals surface area (Å²) in [5.41, 5.74) is 1.49. The minimum atomic E-state index is -3.58. The van der Waals surface area contributed by atoms with Crippen LogP contribution in [0.4, 0.5) is 0 Å². The quantitative estimate of drug-likeness (QED) is 0.444. The Morgan fingerprint density at radius 3 is 2.78 bits per heavy atom. The number of rotatable bonds is 8. The maximum atomic E-state index is 13.0. The molecule has 0 saturated carbocycles. The van der Waals surface area contributed by atoms with E-state index in [0.717, 1.165) is 30.6 Å². The largest absolute Gasteiger partial charge is 0.465 e. The van der Waals surface area contributed by atoms with Crippen LogP contribution in [0.15, 0.2) is 35.2 Å². The molecule has 1 aliphatic carbocycles. The molecule has 2 aromatic rings. The normalized spacial score (nSPS) is 20.0. The summed E-state index contributed by atoms with van der Waals surface area (Å²) in [5, 5.41) is 0. The van der Waals surface area contributed by atoms with Gasteiger partial charge in [-0.25, -0.2) is 13.4 Å². The highest BCUT2D eigenvalue weighted by atomic mass is 32.2. The average Bonchev–Trinajstić information content (AvgIpc) is 3.19. The Hall–Kier alpha value is -2.23. The monoisotopic (exact) mass is 461 g/mol. The molecular weight excluding hydrogens is 430 g/mol. The van der Waals surface area contributed by atoms with Crippen molar-refractivity contribution in [1.29, 1.82) is 0 Å². The number of allylic oxidation sites excluding steroid dienone is 2. The summed E-state index contributed by atoms with van der Waals surface area (Å²) < 4.78 is 40.2. The van der Waals surface area contributed by atoms with Crippen molar-refractivity contribution in [3.63, 3.8) is 0 Å². The van der Waals surface area contributed by atoms with Gasteiger partial charge in [-0.15, -0.1) is 0 Å². The van der Waals surface area contributed by atoms with Crippen LogP contribution in [0.25, 0.3) is 11.0 Å². The summed E-state index contributed by atoms with van der Waals surface area (Å²) in [5.74, 6) is 0.960. The molecule has 0 bridgehead atoms. The number of hydrogen-bond donors (Lipinski definition) is 0. The summed E-state index contributed by atoms with van der Waals surface area (Å²) in [7, 11) is -3.58. The summed E-state index contributed by atoms with van der Waals surface area (Å²) >= 11 is 0. The third-order valence-corrected chi connectivity index (χ3v) is 8.03. The molecule has 174 valence electrons. The number of ether oxygens (including phenoxy) is 2. The molecule has 0 amide bonds. The first-order chi connectivity index (χ1) is 15.5. The van der Waals surface area contributed by atoms with Crippen molar-refractivity contribution in [2.45, 2.75) is 50.5 Å². The zero-order chi connectivity index (χ0) is 22.6. The predicted molar refractivity (Wildman–Crippen MR) is 121 cm³/mol. The maximum absolute atomic E-state index is 13.0. The second-order valence-corrected chi connectivity index (χ2v) is 10.2. The number of carbonyl (C=O) groups is 1. The van der Waals surface area contributed by atoms with E-state index in [9.17, 15) is 13.2 Å². The molecule has 1 aliphatic heterocycles. The Morgan fingerprint density at radius 2 is 2.06 bits per heavy atom. The van der Waals surface area contributed by atoms with E-state index in [0.29, 0.717) is 57.3 Å². The van der Waals surface area contributed by atoms with Gasteiger partial charge < -0.3 is 14.0 Å². The molecular formula is C23H31N3O5S. The number of sulfonamides is 1. The fourth-order valence-electron chi connectivity index (χ4n) is 4.30. The fourth-order valence-corrected chi connectivity index (χ4v) is 5.73. The van der Waals surface area contributed by atoms with Crippen LogP contribution in [-0.4, -0.2) is 61.2 Å². The van der Waals surface area contributed by atoms with Gasteiger partial charge in [-0.3, -0.25) is 4.79 Å². The molecule has 8 nitrogen and oxygen atoms in total. The number of fused-ring (bicyclic) bond motifs is 1. The second-order valence-electron chi connectivity index (χ2n) is 8.27. The smallest absolute Gasteiger partial charge is 0.306 e. The van der Waals surface area contributed by atoms with Crippen LogP contribution in [0.1, 0.15) is 38.4 Å². The van der Waals surface area contributed by atoms with Gasteiger partial charge in [0.25, 0.3) is 0 Å². The zero-order valence-electron chi connectivity index (χ0n) is 18.5. The number of aromatic nitrogens is 2. The van der Waals surface area contributed by atoms with Crippen molar-refractivity contribution in [3.8, 4) is 0 Å². The lowest BCUT2D eigenvalue weighted by Gasteiger charge is -2.26. The second kappa shape index (κ2) is 10.1. The van der Waals surface area contributed by atoms with Crippen molar-refractivity contribution in [2.75, 3.05) is 32.9 Å². The van der Waals surface area contributed by atoms with Crippen LogP contribution in [-0.2, 0) is 37.3 Å². The highest BCUT2D eigenvalue weighted by molar-refractivity contribution is 7.89. The Morgan fingerprint density at radius 1 is 1.25 bits per heavy atom. The molecule has 1 aromatic carbocycles. The number of carbonyl (C=O) groups excluding carboxylic acids is 1. The van der Waals surface area contributed by atoms with E-state index >= 15 is 0 Å². The van der Waals surface area contributed by atoms with Gasteiger partial charge in [0.1, 0.15) is 5.82 Å². The van der Waals surface area contributed by atoms with Gasteiger partial charge in [0.05, 0.1) is 42.2 Å². The lowest BCUT2D eigenvalue weighted by atomic mass is 9.95. The van der Waals surface area contributed by atoms with Crippen molar-refractivity contribution >= 4 is 27.0 Å². The van der Waals surface area contributed by atoms with Gasteiger partial charge in [0.15, 0.2) is 0 Å². The fraction of sp³-hybridized carbons (Fsp3) is 0.565. The highest BCUT2D eigenvalue weighted by Gasteiger charge is 2.27. The van der Waals surface area contributed by atoms with Crippen molar-refractivity contribution in [1.82, 2.24) is 13.9 Å². The van der Waals surface area contributed by atoms with Crippen LogP contribution in [0.5, 0.6) is 0 Å². The predicted octanol–water partition coefficient (Wildman–Crippen LogP) is 2.91. The number of imidazole rings is 1. The minimum absolute atomic E-state index is 0.218. The van der Waals surface area contributed by atoms with E-state index in [4.69, 9.17) is 9.47 Å². The van der Waals surface area contributed by atoms with Crippen molar-refractivity contribution < 1.29 is 22.7 Å². The Labute approximate surface area is 189 Å². The molecule has 0 spiro atoms. The van der Waals surface area contributed by atoms with Gasteiger partial charge in [0, 0.05) is 26.1 Å². The van der Waals surface area contributed by atoms with Crippen LogP contribution >= 0.6 is 0 Å².